The van der Waals surface area contributed by atoms with Gasteiger partial charge in [0.15, 0.2) is 0 Å². The first kappa shape index (κ1) is 24.6. The Morgan fingerprint density at radius 2 is 1.49 bits per heavy atom. The van der Waals surface area contributed by atoms with Gasteiger partial charge in [0, 0.05) is 55.9 Å². The van der Waals surface area contributed by atoms with Gasteiger partial charge >= 0.3 is 0 Å². The smallest absolute Gasteiger partial charge is 0.227 e. The van der Waals surface area contributed by atoms with E-state index in [9.17, 15) is 4.79 Å². The number of ether oxygens (including phenoxy) is 3. The monoisotopic (exact) mass is 499 g/mol. The number of nitrogens with zero attached hydrogens (tertiary/aromatic N) is 3. The number of rotatable bonds is 8. The van der Waals surface area contributed by atoms with E-state index in [1.165, 1.54) is 0 Å². The van der Waals surface area contributed by atoms with Gasteiger partial charge in [-0.2, -0.15) is 0 Å². The summed E-state index contributed by atoms with van der Waals surface area (Å²) in [4.78, 5) is 17.6. The normalized spacial score (nSPS) is 13.6. The maximum Gasteiger partial charge on any atom is 0.227 e. The Balaban J connectivity index is 1.31. The number of anilines is 1. The molecule has 1 saturated heterocycles. The lowest BCUT2D eigenvalue weighted by Crippen LogP contribution is -2.49. The molecule has 7 nitrogen and oxygen atoms in total. The Kier molecular flexibility index (Phi) is 7.21. The number of amides is 1. The maximum absolute atomic E-state index is 13.4. The average molecular weight is 500 g/mol. The molecule has 7 heteroatoms. The van der Waals surface area contributed by atoms with E-state index in [-0.39, 0.29) is 5.91 Å². The third-order valence-corrected chi connectivity index (χ3v) is 7.04. The van der Waals surface area contributed by atoms with E-state index in [1.54, 1.807) is 21.3 Å². The highest BCUT2D eigenvalue weighted by atomic mass is 16.5. The predicted molar refractivity (Wildman–Crippen MR) is 146 cm³/mol. The molecule has 0 atom stereocenters. The third-order valence-electron chi connectivity index (χ3n) is 7.04. The molecule has 0 spiro atoms. The van der Waals surface area contributed by atoms with Crippen molar-refractivity contribution < 1.29 is 19.0 Å². The molecule has 192 valence electrons. The number of hydrogen-bond donors (Lipinski definition) is 0. The minimum absolute atomic E-state index is 0.158. The fourth-order valence-electron chi connectivity index (χ4n) is 5.11. The second kappa shape index (κ2) is 10.9. The number of fused-ring (bicyclic) bond motifs is 1. The van der Waals surface area contributed by atoms with E-state index < -0.39 is 0 Å². The van der Waals surface area contributed by atoms with Gasteiger partial charge in [-0.15, -0.1) is 0 Å². The van der Waals surface area contributed by atoms with Crippen LogP contribution in [0, 0.1) is 0 Å². The number of carbonyl (C=O) groups excluding carboxylic acids is 1. The van der Waals surface area contributed by atoms with Gasteiger partial charge in [0.2, 0.25) is 5.91 Å². The SMILES string of the molecule is COc1cc(Cn2cc(CC(=O)N3CCN(c4ccccc4OC)CC3)c3ccccc32)cc(OC)c1. The minimum Gasteiger partial charge on any atom is -0.497 e. The summed E-state index contributed by atoms with van der Waals surface area (Å²) >= 11 is 0. The van der Waals surface area contributed by atoms with Crippen molar-refractivity contribution in [1.82, 2.24) is 9.47 Å². The molecule has 37 heavy (non-hydrogen) atoms. The van der Waals surface area contributed by atoms with E-state index >= 15 is 0 Å². The molecule has 1 amide bonds. The van der Waals surface area contributed by atoms with Gasteiger partial charge in [-0.3, -0.25) is 4.79 Å². The fourth-order valence-corrected chi connectivity index (χ4v) is 5.11. The summed E-state index contributed by atoms with van der Waals surface area (Å²) in [5.41, 5.74) is 4.30. The highest BCUT2D eigenvalue weighted by molar-refractivity contribution is 5.89. The van der Waals surface area contributed by atoms with E-state index in [0.29, 0.717) is 26.1 Å². The highest BCUT2D eigenvalue weighted by Crippen LogP contribution is 2.29. The molecule has 1 aliphatic heterocycles. The molecule has 2 heterocycles. The molecule has 5 rings (SSSR count). The van der Waals surface area contributed by atoms with Crippen LogP contribution in [-0.4, -0.2) is 62.9 Å². The summed E-state index contributed by atoms with van der Waals surface area (Å²) in [6.07, 6.45) is 2.49. The van der Waals surface area contributed by atoms with Crippen molar-refractivity contribution in [2.24, 2.45) is 0 Å². The molecule has 0 unspecified atom stereocenters. The van der Waals surface area contributed by atoms with Crippen LogP contribution in [0.1, 0.15) is 11.1 Å². The molecule has 0 saturated carbocycles. The Hall–Kier alpha value is -4.13. The average Bonchev–Trinajstić information content (AvgIpc) is 3.29. The first-order valence-corrected chi connectivity index (χ1v) is 12.5. The van der Waals surface area contributed by atoms with Crippen molar-refractivity contribution in [3.8, 4) is 17.2 Å². The first-order valence-electron chi connectivity index (χ1n) is 12.5. The van der Waals surface area contributed by atoms with Crippen molar-refractivity contribution in [2.45, 2.75) is 13.0 Å². The zero-order valence-electron chi connectivity index (χ0n) is 21.6. The number of methoxy groups -OCH3 is 3. The molecule has 0 radical (unpaired) electrons. The van der Waals surface area contributed by atoms with Gasteiger partial charge in [-0.05, 0) is 41.5 Å². The summed E-state index contributed by atoms with van der Waals surface area (Å²) in [7, 11) is 5.01. The Morgan fingerprint density at radius 1 is 0.811 bits per heavy atom. The van der Waals surface area contributed by atoms with Gasteiger partial charge in [0.25, 0.3) is 0 Å². The molecule has 0 N–H and O–H groups in total. The molecule has 1 fully saturated rings. The van der Waals surface area contributed by atoms with Crippen LogP contribution in [0.3, 0.4) is 0 Å². The van der Waals surface area contributed by atoms with Crippen LogP contribution in [0.5, 0.6) is 17.2 Å². The number of benzene rings is 3. The summed E-state index contributed by atoms with van der Waals surface area (Å²) in [5, 5.41) is 1.11. The quantitative estimate of drug-likeness (QED) is 0.355. The van der Waals surface area contributed by atoms with Gasteiger partial charge < -0.3 is 28.6 Å². The van der Waals surface area contributed by atoms with E-state index in [0.717, 1.165) is 58.1 Å². The summed E-state index contributed by atoms with van der Waals surface area (Å²) < 4.78 is 18.6. The molecular weight excluding hydrogens is 466 g/mol. The number of carbonyl (C=O) groups is 1. The van der Waals surface area contributed by atoms with Gasteiger partial charge in [0.05, 0.1) is 33.4 Å². The third kappa shape index (κ3) is 5.21. The second-order valence-electron chi connectivity index (χ2n) is 9.24. The molecular formula is C30H33N3O4. The van der Waals surface area contributed by atoms with Crippen LogP contribution >= 0.6 is 0 Å². The topological polar surface area (TPSA) is 56.2 Å². The van der Waals surface area contributed by atoms with Crippen molar-refractivity contribution in [3.63, 3.8) is 0 Å². The molecule has 3 aromatic carbocycles. The van der Waals surface area contributed by atoms with Crippen molar-refractivity contribution in [2.75, 3.05) is 52.4 Å². The van der Waals surface area contributed by atoms with Crippen LogP contribution in [0.15, 0.2) is 72.9 Å². The maximum atomic E-state index is 13.4. The predicted octanol–water partition coefficient (Wildman–Crippen LogP) is 4.61. The lowest BCUT2D eigenvalue weighted by Gasteiger charge is -2.36. The summed E-state index contributed by atoms with van der Waals surface area (Å²) in [5.74, 6) is 2.54. The number of piperazine rings is 1. The van der Waals surface area contributed by atoms with Gasteiger partial charge in [-0.1, -0.05) is 30.3 Å². The Labute approximate surface area is 217 Å². The lowest BCUT2D eigenvalue weighted by atomic mass is 10.1. The van der Waals surface area contributed by atoms with E-state index in [4.69, 9.17) is 14.2 Å². The number of aromatic nitrogens is 1. The second-order valence-corrected chi connectivity index (χ2v) is 9.24. The van der Waals surface area contributed by atoms with Crippen LogP contribution in [0.2, 0.25) is 0 Å². The molecule has 1 aliphatic rings. The summed E-state index contributed by atoms with van der Waals surface area (Å²) in [6, 6.07) is 22.2. The zero-order valence-corrected chi connectivity index (χ0v) is 21.6. The van der Waals surface area contributed by atoms with Crippen LogP contribution in [0.25, 0.3) is 10.9 Å². The molecule has 0 bridgehead atoms. The number of para-hydroxylation sites is 3. The zero-order chi connectivity index (χ0) is 25.8. The van der Waals surface area contributed by atoms with Crippen molar-refractivity contribution in [1.29, 1.82) is 0 Å². The summed E-state index contributed by atoms with van der Waals surface area (Å²) in [6.45, 7) is 3.61. The number of hydrogen-bond acceptors (Lipinski definition) is 5. The van der Waals surface area contributed by atoms with Crippen molar-refractivity contribution in [3.05, 3.63) is 84.1 Å². The van der Waals surface area contributed by atoms with Crippen LogP contribution in [0.4, 0.5) is 5.69 Å². The lowest BCUT2D eigenvalue weighted by molar-refractivity contribution is -0.130. The van der Waals surface area contributed by atoms with E-state index in [2.05, 4.69) is 33.9 Å². The Morgan fingerprint density at radius 3 is 2.19 bits per heavy atom. The molecule has 4 aromatic rings. The molecule has 0 aliphatic carbocycles. The molecule has 1 aromatic heterocycles. The Bertz CT molecular complexity index is 1370. The largest absolute Gasteiger partial charge is 0.497 e. The standard InChI is InChI=1S/C30H33N3O4/c1-35-24-16-22(17-25(19-24)36-2)20-33-21-23(26-8-4-5-9-27(26)33)18-30(34)32-14-12-31(13-15-32)28-10-6-7-11-29(28)37-3/h4-11,16-17,19,21H,12-15,18,20H2,1-3H3. The van der Waals surface area contributed by atoms with Crippen LogP contribution in [-0.2, 0) is 17.8 Å². The van der Waals surface area contributed by atoms with Crippen LogP contribution < -0.4 is 19.1 Å². The van der Waals surface area contributed by atoms with Gasteiger partial charge in [0.1, 0.15) is 17.2 Å². The van der Waals surface area contributed by atoms with Gasteiger partial charge in [-0.25, -0.2) is 0 Å². The van der Waals surface area contributed by atoms with E-state index in [1.807, 2.05) is 53.4 Å². The fraction of sp³-hybridized carbons (Fsp3) is 0.300. The first-order chi connectivity index (χ1) is 18.1. The minimum atomic E-state index is 0.158. The van der Waals surface area contributed by atoms with Crippen molar-refractivity contribution >= 4 is 22.5 Å². The highest BCUT2D eigenvalue weighted by Gasteiger charge is 2.24.